The lowest BCUT2D eigenvalue weighted by Gasteiger charge is -2.04. The number of carbonyl (C=O) groups is 2. The average Bonchev–Trinajstić information content (AvgIpc) is 2.19. The van der Waals surface area contributed by atoms with Crippen LogP contribution in [0.1, 0.15) is 22.8 Å². The van der Waals surface area contributed by atoms with Crippen LogP contribution in [0, 0.1) is 6.92 Å². The molecule has 1 aromatic carbocycles. The van der Waals surface area contributed by atoms with E-state index in [4.69, 9.17) is 0 Å². The van der Waals surface area contributed by atoms with Crippen LogP contribution < -0.4 is 11.0 Å². The second-order valence-corrected chi connectivity index (χ2v) is 3.62. The zero-order valence-corrected chi connectivity index (χ0v) is 10.8. The molecule has 5 heteroatoms. The molecule has 1 rings (SSSR count). The van der Waals surface area contributed by atoms with E-state index in [0.717, 1.165) is 10.9 Å². The van der Waals surface area contributed by atoms with Gasteiger partial charge in [0.2, 0.25) is 0 Å². The number of hydrogen-bond donors (Lipinski definition) is 1. The molecule has 0 saturated carbocycles. The van der Waals surface area contributed by atoms with E-state index in [1.165, 1.54) is 14.0 Å². The Morgan fingerprint density at radius 1 is 1.31 bits per heavy atom. The van der Waals surface area contributed by atoms with E-state index in [1.54, 1.807) is 19.1 Å². The van der Waals surface area contributed by atoms with E-state index in [0.29, 0.717) is 5.56 Å². The van der Waals surface area contributed by atoms with Crippen molar-refractivity contribution >= 4 is 26.5 Å². The van der Waals surface area contributed by atoms with Gasteiger partial charge in [-0.05, 0) is 30.9 Å². The summed E-state index contributed by atoms with van der Waals surface area (Å²) in [5.74, 6) is -1.19. The zero-order valence-electron chi connectivity index (χ0n) is 9.61. The van der Waals surface area contributed by atoms with Gasteiger partial charge in [0.15, 0.2) is 0 Å². The van der Waals surface area contributed by atoms with Crippen LogP contribution in [0.5, 0.6) is 0 Å². The molecule has 0 fully saturated rings. The summed E-state index contributed by atoms with van der Waals surface area (Å²) in [5.41, 5.74) is 5.72. The van der Waals surface area contributed by atoms with Gasteiger partial charge in [0.1, 0.15) is 0 Å². The standard InChI is InChI=1S/C10H11O3P.CH5N/c1-6-5-8(14)3-4-9(6)10(12)13-7(2)11;1-2/h3-5H,14H2,1-2H3;2H2,1H3. The maximum atomic E-state index is 11.3. The molecule has 1 unspecified atom stereocenters. The van der Waals surface area contributed by atoms with E-state index >= 15 is 0 Å². The van der Waals surface area contributed by atoms with E-state index in [-0.39, 0.29) is 0 Å². The molecule has 0 aliphatic carbocycles. The topological polar surface area (TPSA) is 69.4 Å². The third-order valence-corrected chi connectivity index (χ3v) is 2.07. The molecular formula is C11H16NO3P. The van der Waals surface area contributed by atoms with Gasteiger partial charge in [-0.2, -0.15) is 0 Å². The van der Waals surface area contributed by atoms with Gasteiger partial charge in [-0.3, -0.25) is 4.79 Å². The summed E-state index contributed by atoms with van der Waals surface area (Å²) in [7, 11) is 4.03. The summed E-state index contributed by atoms with van der Waals surface area (Å²) in [5, 5.41) is 0.988. The maximum Gasteiger partial charge on any atom is 0.346 e. The van der Waals surface area contributed by atoms with Crippen LogP contribution in [-0.2, 0) is 9.53 Å². The van der Waals surface area contributed by atoms with Crippen molar-refractivity contribution in [2.45, 2.75) is 13.8 Å². The average molecular weight is 241 g/mol. The van der Waals surface area contributed by atoms with Crippen molar-refractivity contribution in [3.63, 3.8) is 0 Å². The molecule has 0 spiro atoms. The molecule has 16 heavy (non-hydrogen) atoms. The molecule has 2 N–H and O–H groups in total. The Hall–Kier alpha value is -1.25. The highest BCUT2D eigenvalue weighted by atomic mass is 31.0. The first-order chi connectivity index (χ1) is 7.50. The molecule has 1 atom stereocenters. The van der Waals surface area contributed by atoms with Crippen molar-refractivity contribution < 1.29 is 14.3 Å². The van der Waals surface area contributed by atoms with Crippen LogP contribution in [0.2, 0.25) is 0 Å². The summed E-state index contributed by atoms with van der Waals surface area (Å²) in [6.45, 7) is 3.00. The van der Waals surface area contributed by atoms with Crippen molar-refractivity contribution in [1.29, 1.82) is 0 Å². The molecule has 1 aromatic rings. The van der Waals surface area contributed by atoms with Crippen LogP contribution in [0.15, 0.2) is 18.2 Å². The molecule has 0 heterocycles. The maximum absolute atomic E-state index is 11.3. The molecule has 0 amide bonds. The van der Waals surface area contributed by atoms with Gasteiger partial charge in [0, 0.05) is 6.92 Å². The summed E-state index contributed by atoms with van der Waals surface area (Å²) >= 11 is 0. The molecule has 0 radical (unpaired) electrons. The minimum absolute atomic E-state index is 0.423. The first kappa shape index (κ1) is 14.8. The molecule has 0 aliphatic rings. The number of benzene rings is 1. The van der Waals surface area contributed by atoms with Gasteiger partial charge in [0.05, 0.1) is 5.56 Å². The smallest absolute Gasteiger partial charge is 0.346 e. The first-order valence-corrected chi connectivity index (χ1v) is 5.25. The van der Waals surface area contributed by atoms with Crippen molar-refractivity contribution in [3.8, 4) is 0 Å². The Balaban J connectivity index is 0.00000106. The monoisotopic (exact) mass is 241 g/mol. The van der Waals surface area contributed by atoms with Crippen LogP contribution in [0.25, 0.3) is 0 Å². The number of carbonyl (C=O) groups excluding carboxylic acids is 2. The minimum atomic E-state index is -0.597. The van der Waals surface area contributed by atoms with Crippen molar-refractivity contribution in [1.82, 2.24) is 0 Å². The molecule has 0 aromatic heterocycles. The number of esters is 2. The number of aryl methyl sites for hydroxylation is 1. The Labute approximate surface area is 97.4 Å². The molecule has 0 saturated heterocycles. The minimum Gasteiger partial charge on any atom is -0.390 e. The SMILES string of the molecule is CC(=O)OC(=O)c1ccc(P)cc1C.CN. The lowest BCUT2D eigenvalue weighted by Crippen LogP contribution is -2.11. The highest BCUT2D eigenvalue weighted by Crippen LogP contribution is 2.08. The second-order valence-electron chi connectivity index (χ2n) is 2.96. The quantitative estimate of drug-likeness (QED) is 0.448. The highest BCUT2D eigenvalue weighted by Gasteiger charge is 2.11. The number of nitrogens with two attached hydrogens (primary N) is 1. The summed E-state index contributed by atoms with van der Waals surface area (Å²) in [4.78, 5) is 21.9. The first-order valence-electron chi connectivity index (χ1n) is 4.67. The van der Waals surface area contributed by atoms with Gasteiger partial charge in [-0.25, -0.2) is 4.79 Å². The fraction of sp³-hybridized carbons (Fsp3) is 0.273. The Morgan fingerprint density at radius 3 is 2.31 bits per heavy atom. The highest BCUT2D eigenvalue weighted by molar-refractivity contribution is 7.27. The van der Waals surface area contributed by atoms with Gasteiger partial charge < -0.3 is 10.5 Å². The third-order valence-electron chi connectivity index (χ3n) is 1.71. The second kappa shape index (κ2) is 7.09. The fourth-order valence-electron chi connectivity index (χ4n) is 1.10. The fourth-order valence-corrected chi connectivity index (χ4v) is 1.45. The number of ether oxygens (including phenoxy) is 1. The van der Waals surface area contributed by atoms with Crippen LogP contribution >= 0.6 is 9.24 Å². The summed E-state index contributed by atoms with van der Waals surface area (Å²) < 4.78 is 4.47. The summed E-state index contributed by atoms with van der Waals surface area (Å²) in [6.07, 6.45) is 0. The van der Waals surface area contributed by atoms with Crippen LogP contribution in [-0.4, -0.2) is 19.0 Å². The molecule has 4 nitrogen and oxygen atoms in total. The molecule has 88 valence electrons. The lowest BCUT2D eigenvalue weighted by atomic mass is 10.1. The van der Waals surface area contributed by atoms with E-state index < -0.39 is 11.9 Å². The molecular weight excluding hydrogens is 225 g/mol. The lowest BCUT2D eigenvalue weighted by molar-refractivity contribution is -0.135. The number of rotatable bonds is 1. The largest absolute Gasteiger partial charge is 0.390 e. The predicted octanol–water partition coefficient (Wildman–Crippen LogP) is 0.774. The molecule has 0 aliphatic heterocycles. The van der Waals surface area contributed by atoms with Gasteiger partial charge in [-0.1, -0.05) is 12.1 Å². The number of hydrogen-bond acceptors (Lipinski definition) is 4. The zero-order chi connectivity index (χ0) is 12.7. The Bertz CT molecular complexity index is 391. The van der Waals surface area contributed by atoms with Crippen molar-refractivity contribution in [3.05, 3.63) is 29.3 Å². The van der Waals surface area contributed by atoms with E-state index in [9.17, 15) is 9.59 Å². The predicted molar refractivity (Wildman–Crippen MR) is 66.7 cm³/mol. The van der Waals surface area contributed by atoms with Crippen LogP contribution in [0.4, 0.5) is 0 Å². The van der Waals surface area contributed by atoms with Crippen molar-refractivity contribution in [2.75, 3.05) is 7.05 Å². The Kier molecular flexibility index (Phi) is 6.54. The van der Waals surface area contributed by atoms with E-state index in [2.05, 4.69) is 19.7 Å². The van der Waals surface area contributed by atoms with Gasteiger partial charge in [-0.15, -0.1) is 9.24 Å². The van der Waals surface area contributed by atoms with Gasteiger partial charge in [0.25, 0.3) is 0 Å². The van der Waals surface area contributed by atoms with Crippen LogP contribution in [0.3, 0.4) is 0 Å². The Morgan fingerprint density at radius 2 is 1.88 bits per heavy atom. The van der Waals surface area contributed by atoms with Gasteiger partial charge >= 0.3 is 11.9 Å². The third kappa shape index (κ3) is 4.51. The van der Waals surface area contributed by atoms with Crippen molar-refractivity contribution in [2.24, 2.45) is 5.73 Å². The normalized spacial score (nSPS) is 8.81. The molecule has 0 bridgehead atoms. The summed E-state index contributed by atoms with van der Waals surface area (Å²) in [6, 6.07) is 5.25. The van der Waals surface area contributed by atoms with E-state index in [1.807, 2.05) is 6.07 Å².